The van der Waals surface area contributed by atoms with Gasteiger partial charge < -0.3 is 5.32 Å². The highest BCUT2D eigenvalue weighted by Gasteiger charge is 2.14. The number of halogens is 2. The van der Waals surface area contributed by atoms with Crippen LogP contribution in [0, 0.1) is 6.92 Å². The zero-order valence-corrected chi connectivity index (χ0v) is 15.8. The molecule has 2 rings (SSSR count). The van der Waals surface area contributed by atoms with Crippen molar-refractivity contribution in [1.82, 2.24) is 0 Å². The van der Waals surface area contributed by atoms with Gasteiger partial charge in [-0.05, 0) is 37.3 Å². The van der Waals surface area contributed by atoms with Crippen molar-refractivity contribution in [1.29, 1.82) is 0 Å². The fraction of sp³-hybridized carbons (Fsp3) is 0.200. The number of hydrogen-bond acceptors (Lipinski definition) is 4. The second-order valence-corrected chi connectivity index (χ2v) is 8.12. The molecule has 2 aromatic rings. The number of rotatable bonds is 6. The van der Waals surface area contributed by atoms with Crippen LogP contribution in [0.15, 0.2) is 56.3 Å². The molecule has 118 valence electrons. The normalized spacial score (nSPS) is 11.4. The van der Waals surface area contributed by atoms with Crippen molar-refractivity contribution in [2.75, 3.05) is 18.5 Å². The molecular weight excluding hydrogens is 434 g/mol. The van der Waals surface area contributed by atoms with Crippen LogP contribution in [0.25, 0.3) is 0 Å². The monoisotopic (exact) mass is 447 g/mol. The number of anilines is 1. The van der Waals surface area contributed by atoms with Gasteiger partial charge in [0.2, 0.25) is 0 Å². The molecular formula is C15H15Br2NO3S. The van der Waals surface area contributed by atoms with Gasteiger partial charge in [0.25, 0.3) is 10.1 Å². The molecule has 0 amide bonds. The summed E-state index contributed by atoms with van der Waals surface area (Å²) >= 11 is 6.79. The van der Waals surface area contributed by atoms with E-state index in [0.29, 0.717) is 6.54 Å². The molecule has 0 saturated heterocycles. The summed E-state index contributed by atoms with van der Waals surface area (Å²) in [6.45, 7) is 2.34. The predicted molar refractivity (Wildman–Crippen MR) is 94.6 cm³/mol. The van der Waals surface area contributed by atoms with Gasteiger partial charge in [0.1, 0.15) is 0 Å². The molecule has 7 heteroatoms. The van der Waals surface area contributed by atoms with Crippen LogP contribution in [-0.2, 0) is 14.3 Å². The maximum absolute atomic E-state index is 12.0. The van der Waals surface area contributed by atoms with Gasteiger partial charge in [-0.1, -0.05) is 49.6 Å². The Morgan fingerprint density at radius 1 is 1.05 bits per heavy atom. The Labute approximate surface area is 147 Å². The lowest BCUT2D eigenvalue weighted by Crippen LogP contribution is -2.14. The van der Waals surface area contributed by atoms with Crippen LogP contribution in [0.3, 0.4) is 0 Å². The predicted octanol–water partition coefficient (Wildman–Crippen LogP) is 4.34. The van der Waals surface area contributed by atoms with Crippen LogP contribution in [0.4, 0.5) is 5.69 Å². The van der Waals surface area contributed by atoms with Crippen molar-refractivity contribution in [3.63, 3.8) is 0 Å². The van der Waals surface area contributed by atoms with Crippen LogP contribution < -0.4 is 5.32 Å². The molecule has 0 unspecified atom stereocenters. The SMILES string of the molecule is Cc1ccc(S(=O)(=O)OCCNc2cc(Br)cc(Br)c2)cc1. The second kappa shape index (κ2) is 7.59. The van der Waals surface area contributed by atoms with Gasteiger partial charge in [0, 0.05) is 21.2 Å². The van der Waals surface area contributed by atoms with Gasteiger partial charge in [-0.2, -0.15) is 8.42 Å². The summed E-state index contributed by atoms with van der Waals surface area (Å²) in [7, 11) is -3.71. The van der Waals surface area contributed by atoms with Crippen LogP contribution >= 0.6 is 31.9 Å². The van der Waals surface area contributed by atoms with Gasteiger partial charge >= 0.3 is 0 Å². The smallest absolute Gasteiger partial charge is 0.297 e. The Bertz CT molecular complexity index is 726. The van der Waals surface area contributed by atoms with E-state index in [-0.39, 0.29) is 11.5 Å². The molecule has 22 heavy (non-hydrogen) atoms. The first-order valence-electron chi connectivity index (χ1n) is 6.53. The van der Waals surface area contributed by atoms with E-state index in [1.54, 1.807) is 24.3 Å². The summed E-state index contributed by atoms with van der Waals surface area (Å²) in [5, 5.41) is 3.11. The average Bonchev–Trinajstić information content (AvgIpc) is 2.43. The van der Waals surface area contributed by atoms with Crippen LogP contribution in [-0.4, -0.2) is 21.6 Å². The molecule has 0 saturated carbocycles. The van der Waals surface area contributed by atoms with Crippen LogP contribution in [0.5, 0.6) is 0 Å². The van der Waals surface area contributed by atoms with Gasteiger partial charge in [0.05, 0.1) is 11.5 Å². The Morgan fingerprint density at radius 3 is 2.23 bits per heavy atom. The molecule has 0 fully saturated rings. The van der Waals surface area contributed by atoms with Crippen molar-refractivity contribution < 1.29 is 12.6 Å². The minimum atomic E-state index is -3.71. The lowest BCUT2D eigenvalue weighted by atomic mass is 10.2. The zero-order chi connectivity index (χ0) is 16.2. The van der Waals surface area contributed by atoms with E-state index < -0.39 is 10.1 Å². The lowest BCUT2D eigenvalue weighted by Gasteiger charge is -2.09. The minimum Gasteiger partial charge on any atom is -0.383 e. The van der Waals surface area contributed by atoms with E-state index in [1.807, 2.05) is 25.1 Å². The third kappa shape index (κ3) is 5.08. The first-order valence-corrected chi connectivity index (χ1v) is 9.52. The van der Waals surface area contributed by atoms with E-state index in [2.05, 4.69) is 37.2 Å². The summed E-state index contributed by atoms with van der Waals surface area (Å²) in [5.41, 5.74) is 1.87. The summed E-state index contributed by atoms with van der Waals surface area (Å²) in [6, 6.07) is 12.3. The Kier molecular flexibility index (Phi) is 6.02. The molecule has 0 bridgehead atoms. The number of benzene rings is 2. The molecule has 0 aliphatic heterocycles. The van der Waals surface area contributed by atoms with Crippen molar-refractivity contribution in [2.45, 2.75) is 11.8 Å². The van der Waals surface area contributed by atoms with E-state index in [1.165, 1.54) is 0 Å². The highest BCUT2D eigenvalue weighted by Crippen LogP contribution is 2.23. The summed E-state index contributed by atoms with van der Waals surface area (Å²) < 4.78 is 30.9. The number of nitrogens with one attached hydrogen (secondary N) is 1. The molecule has 0 aliphatic carbocycles. The van der Waals surface area contributed by atoms with E-state index in [0.717, 1.165) is 20.2 Å². The minimum absolute atomic E-state index is 0.0559. The van der Waals surface area contributed by atoms with Crippen LogP contribution in [0.2, 0.25) is 0 Å². The van der Waals surface area contributed by atoms with Crippen molar-refractivity contribution >= 4 is 47.7 Å². The van der Waals surface area contributed by atoms with Gasteiger partial charge in [-0.25, -0.2) is 0 Å². The maximum Gasteiger partial charge on any atom is 0.297 e. The maximum atomic E-state index is 12.0. The van der Waals surface area contributed by atoms with Crippen molar-refractivity contribution in [3.8, 4) is 0 Å². The Balaban J connectivity index is 1.89. The van der Waals surface area contributed by atoms with Gasteiger partial charge in [-0.3, -0.25) is 4.18 Å². The van der Waals surface area contributed by atoms with E-state index in [9.17, 15) is 8.42 Å². The summed E-state index contributed by atoms with van der Waals surface area (Å²) in [6.07, 6.45) is 0. The first-order chi connectivity index (χ1) is 10.4. The van der Waals surface area contributed by atoms with E-state index in [4.69, 9.17) is 4.18 Å². The van der Waals surface area contributed by atoms with Gasteiger partial charge in [0.15, 0.2) is 0 Å². The highest BCUT2D eigenvalue weighted by molar-refractivity contribution is 9.11. The lowest BCUT2D eigenvalue weighted by molar-refractivity contribution is 0.331. The molecule has 0 aromatic heterocycles. The molecule has 0 heterocycles. The fourth-order valence-corrected chi connectivity index (χ4v) is 3.98. The number of hydrogen-bond donors (Lipinski definition) is 1. The Hall–Kier alpha value is -0.890. The van der Waals surface area contributed by atoms with Crippen molar-refractivity contribution in [2.24, 2.45) is 0 Å². The fourth-order valence-electron chi connectivity index (χ4n) is 1.78. The van der Waals surface area contributed by atoms with Gasteiger partial charge in [-0.15, -0.1) is 0 Å². The standard InChI is InChI=1S/C15H15Br2NO3S/c1-11-2-4-15(5-3-11)22(19,20)21-7-6-18-14-9-12(16)8-13(17)10-14/h2-5,8-10,18H,6-7H2,1H3. The molecule has 4 nitrogen and oxygen atoms in total. The average molecular weight is 449 g/mol. The third-order valence-electron chi connectivity index (χ3n) is 2.84. The second-order valence-electron chi connectivity index (χ2n) is 4.67. The molecule has 0 spiro atoms. The number of aryl methyl sites for hydroxylation is 1. The summed E-state index contributed by atoms with van der Waals surface area (Å²) in [4.78, 5) is 0.170. The highest BCUT2D eigenvalue weighted by atomic mass is 79.9. The topological polar surface area (TPSA) is 55.4 Å². The zero-order valence-electron chi connectivity index (χ0n) is 11.8. The quantitative estimate of drug-likeness (QED) is 0.527. The molecule has 2 aromatic carbocycles. The van der Waals surface area contributed by atoms with Crippen LogP contribution in [0.1, 0.15) is 5.56 Å². The largest absolute Gasteiger partial charge is 0.383 e. The first kappa shape index (κ1) is 17.5. The molecule has 1 N–H and O–H groups in total. The molecule has 0 radical (unpaired) electrons. The molecule has 0 aliphatic rings. The Morgan fingerprint density at radius 2 is 1.64 bits per heavy atom. The third-order valence-corrected chi connectivity index (χ3v) is 5.08. The molecule has 0 atom stereocenters. The van der Waals surface area contributed by atoms with E-state index >= 15 is 0 Å². The summed E-state index contributed by atoms with van der Waals surface area (Å²) in [5.74, 6) is 0. The van der Waals surface area contributed by atoms with Crippen molar-refractivity contribution in [3.05, 3.63) is 57.0 Å².